The van der Waals surface area contributed by atoms with Crippen LogP contribution in [0.2, 0.25) is 0 Å². The van der Waals surface area contributed by atoms with Gasteiger partial charge in [-0.05, 0) is 55.7 Å². The van der Waals surface area contributed by atoms with Gasteiger partial charge in [-0.15, -0.1) is 0 Å². The largest absolute Gasteiger partial charge is 0.338 e. The van der Waals surface area contributed by atoms with Gasteiger partial charge in [0.25, 0.3) is 5.91 Å². The molecule has 4 rings (SSSR count). The van der Waals surface area contributed by atoms with Crippen LogP contribution in [-0.2, 0) is 10.0 Å². The van der Waals surface area contributed by atoms with Gasteiger partial charge in [-0.2, -0.15) is 4.31 Å². The Bertz CT molecular complexity index is 771. The van der Waals surface area contributed by atoms with Crippen LogP contribution in [0.4, 0.5) is 0 Å². The number of sulfonamides is 1. The van der Waals surface area contributed by atoms with Crippen molar-refractivity contribution in [2.45, 2.75) is 49.8 Å². The summed E-state index contributed by atoms with van der Waals surface area (Å²) < 4.78 is 27.1. The summed E-state index contributed by atoms with van der Waals surface area (Å²) in [5.74, 6) is 1.38. The molecule has 1 aliphatic carbocycles. The highest BCUT2D eigenvalue weighted by atomic mass is 32.2. The summed E-state index contributed by atoms with van der Waals surface area (Å²) in [6.07, 6.45) is 8.02. The van der Waals surface area contributed by atoms with Crippen LogP contribution in [0.3, 0.4) is 0 Å². The highest BCUT2D eigenvalue weighted by molar-refractivity contribution is 7.89. The quantitative estimate of drug-likeness (QED) is 0.814. The first-order valence-corrected chi connectivity index (χ1v) is 11.4. The Morgan fingerprint density at radius 1 is 0.923 bits per heavy atom. The van der Waals surface area contributed by atoms with Crippen molar-refractivity contribution in [3.8, 4) is 0 Å². The van der Waals surface area contributed by atoms with Gasteiger partial charge in [0.15, 0.2) is 0 Å². The van der Waals surface area contributed by atoms with E-state index in [0.717, 1.165) is 38.3 Å². The lowest BCUT2D eigenvalue weighted by Crippen LogP contribution is -2.44. The van der Waals surface area contributed by atoms with Crippen LogP contribution in [0.25, 0.3) is 0 Å². The summed E-state index contributed by atoms with van der Waals surface area (Å²) in [7, 11) is -3.48. The lowest BCUT2D eigenvalue weighted by molar-refractivity contribution is 0.0520. The zero-order valence-corrected chi connectivity index (χ0v) is 16.1. The van der Waals surface area contributed by atoms with Crippen molar-refractivity contribution in [1.82, 2.24) is 9.21 Å². The number of likely N-dealkylation sites (tertiary alicyclic amines) is 1. The SMILES string of the molecule is O=C(c1cccc(S(=O)(=O)N2CCCC2)c1)N1CC[C@H]2CCCC[C@H]2C1. The minimum absolute atomic E-state index is 0.0208. The van der Waals surface area contributed by atoms with Gasteiger partial charge in [0.05, 0.1) is 4.90 Å². The molecule has 26 heavy (non-hydrogen) atoms. The molecule has 0 unspecified atom stereocenters. The van der Waals surface area contributed by atoms with Gasteiger partial charge in [-0.3, -0.25) is 4.79 Å². The van der Waals surface area contributed by atoms with E-state index in [1.165, 1.54) is 30.0 Å². The van der Waals surface area contributed by atoms with E-state index in [2.05, 4.69) is 0 Å². The predicted octanol–water partition coefficient (Wildman–Crippen LogP) is 3.12. The third-order valence-electron chi connectivity index (χ3n) is 6.36. The number of hydrogen-bond donors (Lipinski definition) is 0. The first kappa shape index (κ1) is 18.0. The standard InChI is InChI=1S/C20H28N2O3S/c23-20(21-13-10-16-6-1-2-7-18(16)15-21)17-8-5-9-19(14-17)26(24,25)22-11-3-4-12-22/h5,8-9,14,16,18H,1-4,6-7,10-13,15H2/t16-,18+/m1/s1. The normalized spacial score (nSPS) is 27.3. The number of nitrogens with zero attached hydrogens (tertiary/aromatic N) is 2. The van der Waals surface area contributed by atoms with Gasteiger partial charge in [-0.25, -0.2) is 8.42 Å². The Morgan fingerprint density at radius 3 is 2.42 bits per heavy atom. The van der Waals surface area contributed by atoms with Gasteiger partial charge in [0.2, 0.25) is 10.0 Å². The number of amides is 1. The summed E-state index contributed by atoms with van der Waals surface area (Å²) in [5.41, 5.74) is 0.500. The van der Waals surface area contributed by atoms with Gasteiger partial charge < -0.3 is 4.90 Å². The fourth-order valence-corrected chi connectivity index (χ4v) is 6.40. The fraction of sp³-hybridized carbons (Fsp3) is 0.650. The van der Waals surface area contributed by atoms with Crippen molar-refractivity contribution in [1.29, 1.82) is 0 Å². The Labute approximate surface area is 156 Å². The van der Waals surface area contributed by atoms with Crippen molar-refractivity contribution >= 4 is 15.9 Å². The molecule has 0 bridgehead atoms. The average molecular weight is 377 g/mol. The van der Waals surface area contributed by atoms with E-state index in [1.807, 2.05) is 4.90 Å². The summed E-state index contributed by atoms with van der Waals surface area (Å²) in [5, 5.41) is 0. The molecule has 6 heteroatoms. The van der Waals surface area contributed by atoms with Crippen LogP contribution in [0.5, 0.6) is 0 Å². The van der Waals surface area contributed by atoms with Crippen molar-refractivity contribution < 1.29 is 13.2 Å². The van der Waals surface area contributed by atoms with Crippen LogP contribution in [0.1, 0.15) is 55.3 Å². The van der Waals surface area contributed by atoms with Crippen LogP contribution in [-0.4, -0.2) is 49.7 Å². The molecule has 142 valence electrons. The van der Waals surface area contributed by atoms with Crippen molar-refractivity contribution in [2.75, 3.05) is 26.2 Å². The van der Waals surface area contributed by atoms with Crippen molar-refractivity contribution in [2.24, 2.45) is 11.8 Å². The fourth-order valence-electron chi connectivity index (χ4n) is 4.84. The highest BCUT2D eigenvalue weighted by Crippen LogP contribution is 2.36. The summed E-state index contributed by atoms with van der Waals surface area (Å²) in [6.45, 7) is 2.78. The molecule has 2 aliphatic heterocycles. The summed E-state index contributed by atoms with van der Waals surface area (Å²) in [6, 6.07) is 6.63. The maximum Gasteiger partial charge on any atom is 0.253 e. The predicted molar refractivity (Wildman–Crippen MR) is 100 cm³/mol. The number of piperidine rings is 1. The number of hydrogen-bond acceptors (Lipinski definition) is 3. The Balaban J connectivity index is 1.52. The third kappa shape index (κ3) is 3.41. The maximum atomic E-state index is 13.0. The first-order chi connectivity index (χ1) is 12.6. The monoisotopic (exact) mass is 376 g/mol. The minimum Gasteiger partial charge on any atom is -0.338 e. The van der Waals surface area contributed by atoms with Gasteiger partial charge >= 0.3 is 0 Å². The van der Waals surface area contributed by atoms with E-state index in [0.29, 0.717) is 24.6 Å². The molecule has 0 radical (unpaired) electrons. The first-order valence-electron chi connectivity index (χ1n) is 9.95. The number of fused-ring (bicyclic) bond motifs is 1. The molecule has 3 aliphatic rings. The molecular weight excluding hydrogens is 348 g/mol. The lowest BCUT2D eigenvalue weighted by atomic mass is 9.75. The Morgan fingerprint density at radius 2 is 1.65 bits per heavy atom. The molecule has 0 spiro atoms. The molecule has 0 N–H and O–H groups in total. The van der Waals surface area contributed by atoms with Gasteiger partial charge in [0.1, 0.15) is 0 Å². The average Bonchev–Trinajstić information content (AvgIpc) is 3.23. The second-order valence-corrected chi connectivity index (χ2v) is 9.92. The molecule has 3 fully saturated rings. The molecule has 2 atom stereocenters. The summed E-state index contributed by atoms with van der Waals surface area (Å²) in [4.78, 5) is 15.2. The molecule has 0 aromatic heterocycles. The zero-order chi connectivity index (χ0) is 18.1. The van der Waals surface area contributed by atoms with E-state index >= 15 is 0 Å². The molecule has 1 amide bonds. The molecule has 5 nitrogen and oxygen atoms in total. The molecule has 2 saturated heterocycles. The minimum atomic E-state index is -3.48. The van der Waals surface area contributed by atoms with E-state index < -0.39 is 10.0 Å². The molecule has 1 aromatic carbocycles. The van der Waals surface area contributed by atoms with Gasteiger partial charge in [-0.1, -0.05) is 25.3 Å². The highest BCUT2D eigenvalue weighted by Gasteiger charge is 2.34. The Hall–Kier alpha value is -1.40. The van der Waals surface area contributed by atoms with Crippen LogP contribution >= 0.6 is 0 Å². The van der Waals surface area contributed by atoms with E-state index in [1.54, 1.807) is 24.3 Å². The van der Waals surface area contributed by atoms with E-state index in [9.17, 15) is 13.2 Å². The second-order valence-electron chi connectivity index (χ2n) is 7.98. The van der Waals surface area contributed by atoms with Crippen LogP contribution in [0, 0.1) is 11.8 Å². The Kier molecular flexibility index (Phi) is 5.06. The lowest BCUT2D eigenvalue weighted by Gasteiger charge is -2.41. The topological polar surface area (TPSA) is 57.7 Å². The third-order valence-corrected chi connectivity index (χ3v) is 8.26. The molecule has 2 heterocycles. The zero-order valence-electron chi connectivity index (χ0n) is 15.3. The maximum absolute atomic E-state index is 13.0. The van der Waals surface area contributed by atoms with E-state index in [-0.39, 0.29) is 10.8 Å². The smallest absolute Gasteiger partial charge is 0.253 e. The number of carbonyl (C=O) groups excluding carboxylic acids is 1. The molecule has 1 saturated carbocycles. The van der Waals surface area contributed by atoms with Gasteiger partial charge in [0, 0.05) is 31.7 Å². The number of carbonyl (C=O) groups is 1. The second kappa shape index (κ2) is 7.31. The van der Waals surface area contributed by atoms with E-state index in [4.69, 9.17) is 0 Å². The van der Waals surface area contributed by atoms with Crippen LogP contribution in [0.15, 0.2) is 29.2 Å². The van der Waals surface area contributed by atoms with Crippen molar-refractivity contribution in [3.63, 3.8) is 0 Å². The van der Waals surface area contributed by atoms with Crippen LogP contribution < -0.4 is 0 Å². The van der Waals surface area contributed by atoms with Crippen molar-refractivity contribution in [3.05, 3.63) is 29.8 Å². The number of benzene rings is 1. The molecule has 1 aromatic rings. The molecular formula is C20H28N2O3S. The number of rotatable bonds is 3. The summed E-state index contributed by atoms with van der Waals surface area (Å²) >= 11 is 0.